The Morgan fingerprint density at radius 1 is 1.00 bits per heavy atom. The van der Waals surface area contributed by atoms with E-state index in [0.717, 1.165) is 25.7 Å². The zero-order chi connectivity index (χ0) is 21.4. The zero-order valence-corrected chi connectivity index (χ0v) is 18.2. The first-order valence-corrected chi connectivity index (χ1v) is 12.0. The molecule has 1 aliphatic rings. The number of nitrogens with zero attached hydrogens (tertiary/aromatic N) is 1. The van der Waals surface area contributed by atoms with Crippen LogP contribution in [-0.4, -0.2) is 33.5 Å². The normalized spacial score (nSPS) is 15.2. The van der Waals surface area contributed by atoms with E-state index in [1.165, 1.54) is 29.3 Å². The molecule has 2 aromatic carbocycles. The Morgan fingerprint density at radius 3 is 2.23 bits per heavy atom. The largest absolute Gasteiger partial charge is 0.494 e. The molecule has 1 amide bonds. The predicted molar refractivity (Wildman–Crippen MR) is 118 cm³/mol. The summed E-state index contributed by atoms with van der Waals surface area (Å²) in [5, 5.41) is 3.04. The van der Waals surface area contributed by atoms with Crippen LogP contribution >= 0.6 is 0 Å². The minimum Gasteiger partial charge on any atom is -0.494 e. The van der Waals surface area contributed by atoms with Gasteiger partial charge in [-0.2, -0.15) is 0 Å². The zero-order valence-electron chi connectivity index (χ0n) is 17.4. The number of sulfonamides is 1. The lowest BCUT2D eigenvalue weighted by molar-refractivity contribution is -0.120. The molecule has 0 bridgehead atoms. The van der Waals surface area contributed by atoms with Crippen molar-refractivity contribution in [3.8, 4) is 5.75 Å². The quantitative estimate of drug-likeness (QED) is 0.639. The van der Waals surface area contributed by atoms with Crippen LogP contribution in [0.5, 0.6) is 5.75 Å². The van der Waals surface area contributed by atoms with Crippen LogP contribution in [0.2, 0.25) is 0 Å². The molecule has 0 heterocycles. The number of carbonyl (C=O) groups is 1. The molecule has 0 aliphatic heterocycles. The molecule has 1 aliphatic carbocycles. The number of para-hydroxylation sites is 1. The van der Waals surface area contributed by atoms with Crippen molar-refractivity contribution in [2.24, 2.45) is 0 Å². The van der Waals surface area contributed by atoms with Crippen molar-refractivity contribution in [2.75, 3.05) is 17.5 Å². The molecule has 3 rings (SSSR count). The lowest BCUT2D eigenvalue weighted by atomic mass is 10.1. The summed E-state index contributed by atoms with van der Waals surface area (Å²) in [7, 11) is -3.91. The second kappa shape index (κ2) is 10.5. The molecule has 30 heavy (non-hydrogen) atoms. The molecule has 1 saturated carbocycles. The average molecular weight is 431 g/mol. The molecule has 7 heteroatoms. The maximum absolute atomic E-state index is 13.4. The highest BCUT2D eigenvalue weighted by molar-refractivity contribution is 7.92. The third kappa shape index (κ3) is 5.75. The minimum atomic E-state index is -3.91. The van der Waals surface area contributed by atoms with Crippen LogP contribution < -0.4 is 14.4 Å². The molecule has 0 atom stereocenters. The van der Waals surface area contributed by atoms with Crippen LogP contribution in [-0.2, 0) is 14.8 Å². The molecule has 0 aromatic heterocycles. The number of amides is 1. The Morgan fingerprint density at radius 2 is 1.63 bits per heavy atom. The summed E-state index contributed by atoms with van der Waals surface area (Å²) in [6.07, 6.45) is 6.46. The van der Waals surface area contributed by atoms with Crippen LogP contribution in [0.3, 0.4) is 0 Å². The van der Waals surface area contributed by atoms with Crippen LogP contribution in [0.4, 0.5) is 5.69 Å². The van der Waals surface area contributed by atoms with Gasteiger partial charge in [-0.05, 0) is 56.2 Å². The van der Waals surface area contributed by atoms with Crippen molar-refractivity contribution in [1.29, 1.82) is 0 Å². The molecule has 162 valence electrons. The topological polar surface area (TPSA) is 75.7 Å². The first kappa shape index (κ1) is 22.2. The number of hydrogen-bond acceptors (Lipinski definition) is 4. The van der Waals surface area contributed by atoms with Crippen molar-refractivity contribution in [3.63, 3.8) is 0 Å². The van der Waals surface area contributed by atoms with E-state index in [2.05, 4.69) is 5.32 Å². The summed E-state index contributed by atoms with van der Waals surface area (Å²) >= 11 is 0. The minimum absolute atomic E-state index is 0.116. The fourth-order valence-electron chi connectivity index (χ4n) is 3.74. The van der Waals surface area contributed by atoms with E-state index in [-0.39, 0.29) is 23.4 Å². The highest BCUT2D eigenvalue weighted by Gasteiger charge is 2.28. The van der Waals surface area contributed by atoms with Gasteiger partial charge in [0.2, 0.25) is 5.91 Å². The maximum atomic E-state index is 13.4. The fourth-order valence-corrected chi connectivity index (χ4v) is 5.16. The molecule has 1 N–H and O–H groups in total. The van der Waals surface area contributed by atoms with E-state index in [1.807, 2.05) is 13.0 Å². The van der Waals surface area contributed by atoms with Gasteiger partial charge in [-0.1, -0.05) is 43.9 Å². The van der Waals surface area contributed by atoms with Gasteiger partial charge < -0.3 is 10.1 Å². The SMILES string of the molecule is CCOc1ccc(S(=O)(=O)N(CC(=O)NC2CCCCCC2)c2ccccc2)cc1. The smallest absolute Gasteiger partial charge is 0.264 e. The predicted octanol–water partition coefficient (Wildman–Crippen LogP) is 4.12. The number of rotatable bonds is 8. The van der Waals surface area contributed by atoms with Crippen LogP contribution in [0.1, 0.15) is 45.4 Å². The number of nitrogens with one attached hydrogen (secondary N) is 1. The fraction of sp³-hybridized carbons (Fsp3) is 0.435. The monoisotopic (exact) mass is 430 g/mol. The van der Waals surface area contributed by atoms with Gasteiger partial charge in [0.05, 0.1) is 17.2 Å². The van der Waals surface area contributed by atoms with Crippen molar-refractivity contribution in [3.05, 3.63) is 54.6 Å². The van der Waals surface area contributed by atoms with Gasteiger partial charge in [0, 0.05) is 6.04 Å². The van der Waals surface area contributed by atoms with Gasteiger partial charge in [0.15, 0.2) is 0 Å². The third-order valence-electron chi connectivity index (χ3n) is 5.27. The summed E-state index contributed by atoms with van der Waals surface area (Å²) in [6.45, 7) is 2.12. The van der Waals surface area contributed by atoms with Crippen LogP contribution in [0, 0.1) is 0 Å². The second-order valence-corrected chi connectivity index (χ2v) is 9.37. The number of hydrogen-bond donors (Lipinski definition) is 1. The lowest BCUT2D eigenvalue weighted by Gasteiger charge is -2.25. The Balaban J connectivity index is 1.82. The van der Waals surface area contributed by atoms with Gasteiger partial charge in [-0.15, -0.1) is 0 Å². The first-order chi connectivity index (χ1) is 14.5. The van der Waals surface area contributed by atoms with Crippen molar-refractivity contribution in [2.45, 2.75) is 56.4 Å². The lowest BCUT2D eigenvalue weighted by Crippen LogP contribution is -2.44. The number of benzene rings is 2. The van der Waals surface area contributed by atoms with E-state index in [0.29, 0.717) is 18.0 Å². The Labute approximate surface area is 179 Å². The number of ether oxygens (including phenoxy) is 1. The Kier molecular flexibility index (Phi) is 7.74. The third-order valence-corrected chi connectivity index (χ3v) is 7.06. The molecular formula is C23H30N2O4S. The summed E-state index contributed by atoms with van der Waals surface area (Å²) in [5.41, 5.74) is 0.461. The molecular weight excluding hydrogens is 400 g/mol. The molecule has 0 spiro atoms. The Bertz CT molecular complexity index is 906. The molecule has 6 nitrogen and oxygen atoms in total. The van der Waals surface area contributed by atoms with E-state index in [4.69, 9.17) is 4.74 Å². The molecule has 0 unspecified atom stereocenters. The second-order valence-electron chi connectivity index (χ2n) is 7.51. The molecule has 2 aromatic rings. The van der Waals surface area contributed by atoms with Crippen LogP contribution in [0.15, 0.2) is 59.5 Å². The van der Waals surface area contributed by atoms with E-state index in [9.17, 15) is 13.2 Å². The van der Waals surface area contributed by atoms with Crippen molar-refractivity contribution >= 4 is 21.6 Å². The van der Waals surface area contributed by atoms with Gasteiger partial charge >= 0.3 is 0 Å². The van der Waals surface area contributed by atoms with Crippen molar-refractivity contribution < 1.29 is 17.9 Å². The maximum Gasteiger partial charge on any atom is 0.264 e. The highest BCUT2D eigenvalue weighted by Crippen LogP contribution is 2.25. The van der Waals surface area contributed by atoms with Crippen molar-refractivity contribution in [1.82, 2.24) is 5.32 Å². The molecule has 0 saturated heterocycles. The summed E-state index contributed by atoms with van der Waals surface area (Å²) in [5.74, 6) is 0.328. The number of carbonyl (C=O) groups excluding carboxylic acids is 1. The summed E-state index contributed by atoms with van der Waals surface area (Å²) < 4.78 is 33.4. The highest BCUT2D eigenvalue weighted by atomic mass is 32.2. The average Bonchev–Trinajstić information content (AvgIpc) is 3.02. The Hall–Kier alpha value is -2.54. The van der Waals surface area contributed by atoms with E-state index < -0.39 is 10.0 Å². The van der Waals surface area contributed by atoms with Gasteiger partial charge in [-0.25, -0.2) is 8.42 Å². The van der Waals surface area contributed by atoms with Crippen LogP contribution in [0.25, 0.3) is 0 Å². The summed E-state index contributed by atoms with van der Waals surface area (Å²) in [4.78, 5) is 12.9. The summed E-state index contributed by atoms with van der Waals surface area (Å²) in [6, 6.07) is 15.1. The first-order valence-electron chi connectivity index (χ1n) is 10.6. The van der Waals surface area contributed by atoms with E-state index >= 15 is 0 Å². The van der Waals surface area contributed by atoms with Gasteiger partial charge in [-0.3, -0.25) is 9.10 Å². The molecule has 0 radical (unpaired) electrons. The van der Waals surface area contributed by atoms with Gasteiger partial charge in [0.25, 0.3) is 10.0 Å². The van der Waals surface area contributed by atoms with Gasteiger partial charge in [0.1, 0.15) is 12.3 Å². The van der Waals surface area contributed by atoms with E-state index in [1.54, 1.807) is 36.4 Å². The molecule has 1 fully saturated rings. The standard InChI is InChI=1S/C23H30N2O4S/c1-2-29-21-14-16-22(17-15-21)30(27,28)25(20-12-8-5-9-13-20)18-23(26)24-19-10-6-3-4-7-11-19/h5,8-9,12-17,19H,2-4,6-7,10-11,18H2,1H3,(H,24,26). The number of anilines is 1.